The quantitative estimate of drug-likeness (QED) is 0.417. The first kappa shape index (κ1) is 17.6. The first-order valence-corrected chi connectivity index (χ1v) is 9.00. The van der Waals surface area contributed by atoms with Gasteiger partial charge in [-0.1, -0.05) is 46.3 Å². The fraction of sp³-hybridized carbons (Fsp3) is 0.0556. The summed E-state index contributed by atoms with van der Waals surface area (Å²) in [5.74, 6) is 1.05. The Hall–Kier alpha value is -2.25. The lowest BCUT2D eigenvalue weighted by atomic mass is 10.2. The zero-order valence-corrected chi connectivity index (χ0v) is 16.4. The number of aromatic nitrogens is 2. The van der Waals surface area contributed by atoms with Gasteiger partial charge in [0.05, 0.1) is 16.3 Å². The number of hydrogen-bond acceptors (Lipinski definition) is 5. The summed E-state index contributed by atoms with van der Waals surface area (Å²) in [6, 6.07) is 15.1. The Kier molecular flexibility index (Phi) is 5.45. The average molecular weight is 462 g/mol. The molecule has 7 heteroatoms. The molecule has 0 bridgehead atoms. The van der Waals surface area contributed by atoms with Gasteiger partial charge in [0.25, 0.3) is 0 Å². The van der Waals surface area contributed by atoms with Gasteiger partial charge < -0.3 is 5.11 Å². The lowest BCUT2D eigenvalue weighted by molar-refractivity contribution is 0.473. The molecule has 2 N–H and O–H groups in total. The normalized spacial score (nSPS) is 11.0. The van der Waals surface area contributed by atoms with Gasteiger partial charge in [0.2, 0.25) is 0 Å². The number of halogens is 2. The summed E-state index contributed by atoms with van der Waals surface area (Å²) in [4.78, 5) is 8.85. The molecule has 0 radical (unpaired) electrons. The van der Waals surface area contributed by atoms with Gasteiger partial charge in [0.15, 0.2) is 11.6 Å². The van der Waals surface area contributed by atoms with E-state index in [4.69, 9.17) is 0 Å². The van der Waals surface area contributed by atoms with Crippen molar-refractivity contribution in [2.45, 2.75) is 6.92 Å². The Morgan fingerprint density at radius 1 is 1.08 bits per heavy atom. The van der Waals surface area contributed by atoms with Crippen molar-refractivity contribution in [3.63, 3.8) is 0 Å². The second kappa shape index (κ2) is 7.76. The van der Waals surface area contributed by atoms with Gasteiger partial charge in [0.1, 0.15) is 5.75 Å². The third-order valence-corrected chi connectivity index (χ3v) is 4.38. The molecule has 25 heavy (non-hydrogen) atoms. The van der Waals surface area contributed by atoms with Gasteiger partial charge in [-0.2, -0.15) is 5.10 Å². The lowest BCUT2D eigenvalue weighted by Gasteiger charge is -2.09. The first-order chi connectivity index (χ1) is 12.0. The van der Waals surface area contributed by atoms with Crippen molar-refractivity contribution in [2.24, 2.45) is 5.10 Å². The average Bonchev–Trinajstić information content (AvgIpc) is 2.58. The molecule has 3 rings (SSSR count). The molecular formula is C18H14Br2N4O. The number of aryl methyl sites for hydroxylation is 1. The van der Waals surface area contributed by atoms with Crippen LogP contribution in [0.3, 0.4) is 0 Å². The molecule has 0 atom stereocenters. The molecule has 1 heterocycles. The number of anilines is 1. The summed E-state index contributed by atoms with van der Waals surface area (Å²) < 4.78 is 1.38. The minimum absolute atomic E-state index is 0.0903. The van der Waals surface area contributed by atoms with E-state index >= 15 is 0 Å². The Morgan fingerprint density at radius 3 is 2.60 bits per heavy atom. The van der Waals surface area contributed by atoms with Crippen molar-refractivity contribution in [3.05, 3.63) is 68.7 Å². The van der Waals surface area contributed by atoms with E-state index in [1.165, 1.54) is 0 Å². The third kappa shape index (κ3) is 4.43. The van der Waals surface area contributed by atoms with Crippen LogP contribution in [0.5, 0.6) is 5.75 Å². The molecule has 0 saturated carbocycles. The van der Waals surface area contributed by atoms with E-state index in [2.05, 4.69) is 52.4 Å². The zero-order chi connectivity index (χ0) is 17.8. The van der Waals surface area contributed by atoms with Crippen LogP contribution in [0, 0.1) is 6.92 Å². The van der Waals surface area contributed by atoms with Crippen LogP contribution in [-0.2, 0) is 0 Å². The van der Waals surface area contributed by atoms with E-state index < -0.39 is 0 Å². The van der Waals surface area contributed by atoms with Crippen molar-refractivity contribution in [1.29, 1.82) is 0 Å². The number of phenols is 1. The summed E-state index contributed by atoms with van der Waals surface area (Å²) in [5.41, 5.74) is 5.18. The highest BCUT2D eigenvalue weighted by Gasteiger charge is 2.13. The van der Waals surface area contributed by atoms with Gasteiger partial charge in [0, 0.05) is 16.2 Å². The Bertz CT molecular complexity index is 930. The number of phenolic OH excluding ortho intramolecular Hbond substituents is 1. The van der Waals surface area contributed by atoms with Crippen LogP contribution >= 0.6 is 31.9 Å². The second-order valence-corrected chi connectivity index (χ2v) is 7.05. The number of rotatable bonds is 4. The van der Waals surface area contributed by atoms with Gasteiger partial charge in [-0.25, -0.2) is 9.97 Å². The standard InChI is InChI=1S/C18H14Br2N4O/c1-11-7-16(24-21-10-12-5-3-2-4-6-12)23-18(22-11)14-8-13(19)9-15(20)17(14)25/h2-10,25H,1H3,(H,22,23,24)/b21-10-. The smallest absolute Gasteiger partial charge is 0.165 e. The highest BCUT2D eigenvalue weighted by atomic mass is 79.9. The number of benzene rings is 2. The van der Waals surface area contributed by atoms with Crippen LogP contribution < -0.4 is 5.43 Å². The summed E-state index contributed by atoms with van der Waals surface area (Å²) in [7, 11) is 0. The lowest BCUT2D eigenvalue weighted by Crippen LogP contribution is -1.99. The minimum Gasteiger partial charge on any atom is -0.506 e. The van der Waals surface area contributed by atoms with Crippen molar-refractivity contribution in [1.82, 2.24) is 9.97 Å². The Labute approximate surface area is 162 Å². The molecule has 0 spiro atoms. The molecule has 126 valence electrons. The highest BCUT2D eigenvalue weighted by molar-refractivity contribution is 9.11. The van der Waals surface area contributed by atoms with Gasteiger partial charge in [-0.3, -0.25) is 5.43 Å². The fourth-order valence-corrected chi connectivity index (χ4v) is 3.42. The number of aromatic hydroxyl groups is 1. The first-order valence-electron chi connectivity index (χ1n) is 7.41. The minimum atomic E-state index is 0.0903. The number of nitrogens with zero attached hydrogens (tertiary/aromatic N) is 3. The van der Waals surface area contributed by atoms with E-state index in [0.717, 1.165) is 15.7 Å². The molecule has 0 fully saturated rings. The largest absolute Gasteiger partial charge is 0.506 e. The van der Waals surface area contributed by atoms with E-state index in [9.17, 15) is 5.11 Å². The molecule has 0 aliphatic rings. The molecule has 0 unspecified atom stereocenters. The highest BCUT2D eigenvalue weighted by Crippen LogP contribution is 2.37. The third-order valence-electron chi connectivity index (χ3n) is 3.32. The van der Waals surface area contributed by atoms with Crippen molar-refractivity contribution in [3.8, 4) is 17.1 Å². The van der Waals surface area contributed by atoms with E-state index in [0.29, 0.717) is 21.7 Å². The molecule has 0 amide bonds. The predicted octanol–water partition coefficient (Wildman–Crippen LogP) is 5.13. The molecular weight excluding hydrogens is 448 g/mol. The van der Waals surface area contributed by atoms with Crippen LogP contribution in [0.25, 0.3) is 11.4 Å². The number of hydrogen-bond donors (Lipinski definition) is 2. The molecule has 0 saturated heterocycles. The molecule has 2 aromatic carbocycles. The van der Waals surface area contributed by atoms with Crippen molar-refractivity contribution in [2.75, 3.05) is 5.43 Å². The maximum atomic E-state index is 10.3. The maximum Gasteiger partial charge on any atom is 0.165 e. The number of hydrazone groups is 1. The molecule has 5 nitrogen and oxygen atoms in total. The summed E-state index contributed by atoms with van der Waals surface area (Å²) in [5, 5.41) is 14.5. The molecule has 0 aliphatic heterocycles. The molecule has 0 aliphatic carbocycles. The van der Waals surface area contributed by atoms with E-state index in [1.807, 2.05) is 37.3 Å². The van der Waals surface area contributed by atoms with Crippen LogP contribution in [0.4, 0.5) is 5.82 Å². The van der Waals surface area contributed by atoms with Crippen LogP contribution in [0.1, 0.15) is 11.3 Å². The summed E-state index contributed by atoms with van der Waals surface area (Å²) >= 11 is 6.74. The predicted molar refractivity (Wildman–Crippen MR) is 107 cm³/mol. The summed E-state index contributed by atoms with van der Waals surface area (Å²) in [6.07, 6.45) is 1.71. The van der Waals surface area contributed by atoms with Gasteiger partial charge in [-0.05, 0) is 40.5 Å². The Balaban J connectivity index is 1.90. The molecule has 3 aromatic rings. The fourth-order valence-electron chi connectivity index (χ4n) is 2.19. The van der Waals surface area contributed by atoms with Crippen LogP contribution in [-0.4, -0.2) is 21.3 Å². The van der Waals surface area contributed by atoms with Crippen molar-refractivity contribution < 1.29 is 5.11 Å². The monoisotopic (exact) mass is 460 g/mol. The van der Waals surface area contributed by atoms with Gasteiger partial charge >= 0.3 is 0 Å². The van der Waals surface area contributed by atoms with Crippen LogP contribution in [0.15, 0.2) is 62.6 Å². The molecule has 1 aromatic heterocycles. The Morgan fingerprint density at radius 2 is 1.84 bits per heavy atom. The second-order valence-electron chi connectivity index (χ2n) is 5.28. The maximum absolute atomic E-state index is 10.3. The topological polar surface area (TPSA) is 70.4 Å². The van der Waals surface area contributed by atoms with E-state index in [1.54, 1.807) is 24.4 Å². The summed E-state index contributed by atoms with van der Waals surface area (Å²) in [6.45, 7) is 1.86. The van der Waals surface area contributed by atoms with Gasteiger partial charge in [-0.15, -0.1) is 0 Å². The zero-order valence-electron chi connectivity index (χ0n) is 13.2. The SMILES string of the molecule is Cc1cc(N/N=C\c2ccccc2)nc(-c2cc(Br)cc(Br)c2O)n1. The number of nitrogens with one attached hydrogen (secondary N) is 1. The van der Waals surface area contributed by atoms with Crippen molar-refractivity contribution >= 4 is 43.9 Å². The van der Waals surface area contributed by atoms with E-state index in [-0.39, 0.29) is 5.75 Å². The van der Waals surface area contributed by atoms with Crippen LogP contribution in [0.2, 0.25) is 0 Å².